The smallest absolute Gasteiger partial charge is 0.341 e. The number of carboxylic acids is 1. The van der Waals surface area contributed by atoms with E-state index in [4.69, 9.17) is 21.1 Å². The van der Waals surface area contributed by atoms with E-state index in [1.54, 1.807) is 12.1 Å². The molecule has 0 unspecified atom stereocenters. The summed E-state index contributed by atoms with van der Waals surface area (Å²) in [6.45, 7) is 10.2. The molecule has 0 aromatic heterocycles. The number of aliphatic carboxylic acids is 1. The molecule has 0 amide bonds. The summed E-state index contributed by atoms with van der Waals surface area (Å²) in [6, 6.07) is 30.3. The van der Waals surface area contributed by atoms with E-state index in [0.717, 1.165) is 33.4 Å². The van der Waals surface area contributed by atoms with Gasteiger partial charge in [0.2, 0.25) is 0 Å². The molecule has 1 saturated heterocycles. The third kappa shape index (κ3) is 6.69. The van der Waals surface area contributed by atoms with Crippen molar-refractivity contribution in [1.82, 2.24) is 0 Å². The van der Waals surface area contributed by atoms with Crippen molar-refractivity contribution in [2.24, 2.45) is 5.92 Å². The van der Waals surface area contributed by atoms with E-state index in [2.05, 4.69) is 38.6 Å². The van der Waals surface area contributed by atoms with Crippen LogP contribution in [-0.2, 0) is 14.9 Å². The maximum atomic E-state index is 14.0. The molecule has 1 heterocycles. The molecule has 1 aliphatic heterocycles. The number of carboxylic acid groups (broad SMARTS) is 1. The molecule has 5 rings (SSSR count). The molecule has 4 aromatic rings. The Morgan fingerprint density at radius 1 is 0.953 bits per heavy atom. The second kappa shape index (κ2) is 12.7. The Morgan fingerprint density at radius 2 is 1.60 bits per heavy atom. The monoisotopic (exact) mass is 598 g/mol. The van der Waals surface area contributed by atoms with Gasteiger partial charge in [-0.05, 0) is 72.0 Å². The molecule has 43 heavy (non-hydrogen) atoms. The van der Waals surface area contributed by atoms with Crippen LogP contribution in [0.5, 0.6) is 5.75 Å². The largest absolute Gasteiger partial charge is 0.482 e. The molecule has 0 spiro atoms. The summed E-state index contributed by atoms with van der Waals surface area (Å²) < 4.78 is 26.9. The van der Waals surface area contributed by atoms with E-state index in [-0.39, 0.29) is 23.1 Å². The molecule has 6 heteroatoms. The molecule has 1 aliphatic rings. The van der Waals surface area contributed by atoms with Gasteiger partial charge in [-0.25, -0.2) is 9.18 Å². The Morgan fingerprint density at radius 3 is 2.23 bits per heavy atom. The van der Waals surface area contributed by atoms with Crippen LogP contribution >= 0.6 is 11.6 Å². The minimum Gasteiger partial charge on any atom is -0.482 e. The summed E-state index contributed by atoms with van der Waals surface area (Å²) in [5.41, 5.74) is 5.45. The lowest BCUT2D eigenvalue weighted by molar-refractivity contribution is -0.139. The molecule has 4 atom stereocenters. The highest BCUT2D eigenvalue weighted by Crippen LogP contribution is 2.53. The fraction of sp³-hybridized carbons (Fsp3) is 0.270. The molecule has 4 aromatic carbocycles. The Balaban J connectivity index is 1.64. The highest BCUT2D eigenvalue weighted by molar-refractivity contribution is 6.30. The molecule has 222 valence electrons. The molecule has 1 N–H and O–H groups in total. The zero-order valence-corrected chi connectivity index (χ0v) is 25.4. The number of rotatable bonds is 9. The number of halogens is 2. The standard InChI is InChI=1S/C37H36ClFO4/c1-23(2)30-21-31(24-10-15-28(38)16-11-24)35(25-12-17-29(39)18-13-25)43-36(30)32-20-27(14-19-33(32)42-22-34(40)41)37(3,4)26-8-6-5-7-9-26/h5-20,30-31,35-36H,1,21-22H2,2-4H3,(H,40,41)/t30-,31-,35+,36+/m1/s1. The summed E-state index contributed by atoms with van der Waals surface area (Å²) in [5, 5.41) is 10.1. The van der Waals surface area contributed by atoms with E-state index < -0.39 is 24.8 Å². The average molecular weight is 599 g/mol. The highest BCUT2D eigenvalue weighted by Gasteiger charge is 2.42. The minimum absolute atomic E-state index is 0.0620. The van der Waals surface area contributed by atoms with Gasteiger partial charge in [-0.2, -0.15) is 0 Å². The SMILES string of the molecule is C=C(C)[C@H]1C[C@H](c2ccc(Cl)cc2)[C@H](c2ccc(F)cc2)O[C@@H]1c1cc(C(C)(C)c2ccccc2)ccc1OCC(=O)O. The minimum atomic E-state index is -1.06. The topological polar surface area (TPSA) is 55.8 Å². The quantitative estimate of drug-likeness (QED) is 0.195. The van der Waals surface area contributed by atoms with Crippen molar-refractivity contribution < 1.29 is 23.8 Å². The Kier molecular flexibility index (Phi) is 9.05. The van der Waals surface area contributed by atoms with Gasteiger partial charge in [0.25, 0.3) is 0 Å². The van der Waals surface area contributed by atoms with Gasteiger partial charge in [0, 0.05) is 27.8 Å². The number of ether oxygens (including phenoxy) is 2. The first-order chi connectivity index (χ1) is 20.5. The first-order valence-corrected chi connectivity index (χ1v) is 14.8. The van der Waals surface area contributed by atoms with Crippen molar-refractivity contribution in [3.05, 3.63) is 148 Å². The summed E-state index contributed by atoms with van der Waals surface area (Å²) in [6.07, 6.45) is -0.208. The lowest BCUT2D eigenvalue weighted by atomic mass is 9.73. The third-order valence-corrected chi connectivity index (χ3v) is 8.80. The van der Waals surface area contributed by atoms with Crippen molar-refractivity contribution in [3.63, 3.8) is 0 Å². The number of hydrogen-bond donors (Lipinski definition) is 1. The van der Waals surface area contributed by atoms with Crippen LogP contribution in [0.4, 0.5) is 4.39 Å². The Bertz CT molecular complexity index is 1580. The van der Waals surface area contributed by atoms with Gasteiger partial charge in [0.1, 0.15) is 11.6 Å². The maximum absolute atomic E-state index is 14.0. The van der Waals surface area contributed by atoms with E-state index in [1.807, 2.05) is 61.5 Å². The Labute approximate surface area is 257 Å². The summed E-state index contributed by atoms with van der Waals surface area (Å²) in [4.78, 5) is 11.5. The van der Waals surface area contributed by atoms with Crippen LogP contribution in [0.1, 0.15) is 73.1 Å². The molecular weight excluding hydrogens is 563 g/mol. The zero-order valence-electron chi connectivity index (χ0n) is 24.6. The number of carbonyl (C=O) groups is 1. The number of benzene rings is 4. The van der Waals surface area contributed by atoms with Crippen LogP contribution in [0.25, 0.3) is 0 Å². The summed E-state index contributed by atoms with van der Waals surface area (Å²) in [7, 11) is 0. The molecule has 0 bridgehead atoms. The van der Waals surface area contributed by atoms with Gasteiger partial charge >= 0.3 is 5.97 Å². The van der Waals surface area contributed by atoms with Crippen LogP contribution in [0.2, 0.25) is 5.02 Å². The van der Waals surface area contributed by atoms with Crippen LogP contribution in [0.15, 0.2) is 109 Å². The van der Waals surface area contributed by atoms with Crippen LogP contribution in [0.3, 0.4) is 0 Å². The number of hydrogen-bond acceptors (Lipinski definition) is 3. The maximum Gasteiger partial charge on any atom is 0.341 e. The zero-order chi connectivity index (χ0) is 30.7. The lowest BCUT2D eigenvalue weighted by Gasteiger charge is -2.43. The molecular formula is C37H36ClFO4. The van der Waals surface area contributed by atoms with Gasteiger partial charge in [0.15, 0.2) is 6.61 Å². The fourth-order valence-electron chi connectivity index (χ4n) is 6.05. The first-order valence-electron chi connectivity index (χ1n) is 14.4. The van der Waals surface area contributed by atoms with Gasteiger partial charge in [-0.1, -0.05) is 98.3 Å². The third-order valence-electron chi connectivity index (χ3n) is 8.55. The van der Waals surface area contributed by atoms with Crippen molar-refractivity contribution in [2.75, 3.05) is 6.61 Å². The summed E-state index contributed by atoms with van der Waals surface area (Å²) in [5.74, 6) is -1.10. The predicted molar refractivity (Wildman–Crippen MR) is 168 cm³/mol. The molecule has 0 aliphatic carbocycles. The van der Waals surface area contributed by atoms with Crippen molar-refractivity contribution >= 4 is 17.6 Å². The van der Waals surface area contributed by atoms with E-state index in [9.17, 15) is 14.3 Å². The second-order valence-corrected chi connectivity index (χ2v) is 12.2. The van der Waals surface area contributed by atoms with Gasteiger partial charge in [-0.15, -0.1) is 0 Å². The van der Waals surface area contributed by atoms with E-state index in [0.29, 0.717) is 17.2 Å². The molecule has 0 radical (unpaired) electrons. The van der Waals surface area contributed by atoms with Gasteiger partial charge in [0.05, 0.1) is 12.2 Å². The van der Waals surface area contributed by atoms with Gasteiger partial charge in [-0.3, -0.25) is 0 Å². The molecule has 4 nitrogen and oxygen atoms in total. The Hall–Kier alpha value is -3.93. The van der Waals surface area contributed by atoms with Gasteiger partial charge < -0.3 is 14.6 Å². The fourth-order valence-corrected chi connectivity index (χ4v) is 6.18. The molecule has 1 fully saturated rings. The molecule has 0 saturated carbocycles. The lowest BCUT2D eigenvalue weighted by Crippen LogP contribution is -2.32. The normalized spacial score (nSPS) is 20.4. The van der Waals surface area contributed by atoms with Crippen LogP contribution < -0.4 is 4.74 Å². The second-order valence-electron chi connectivity index (χ2n) is 11.8. The average Bonchev–Trinajstić information content (AvgIpc) is 3.00. The van der Waals surface area contributed by atoms with E-state index in [1.165, 1.54) is 12.1 Å². The first kappa shape index (κ1) is 30.5. The van der Waals surface area contributed by atoms with E-state index >= 15 is 0 Å². The van der Waals surface area contributed by atoms with Crippen LogP contribution in [-0.4, -0.2) is 17.7 Å². The van der Waals surface area contributed by atoms with Crippen molar-refractivity contribution in [3.8, 4) is 5.75 Å². The highest BCUT2D eigenvalue weighted by atomic mass is 35.5. The van der Waals surface area contributed by atoms with Crippen LogP contribution in [0, 0.1) is 11.7 Å². The van der Waals surface area contributed by atoms with Crippen molar-refractivity contribution in [2.45, 2.75) is 50.7 Å². The predicted octanol–water partition coefficient (Wildman–Crippen LogP) is 9.45. The summed E-state index contributed by atoms with van der Waals surface area (Å²) >= 11 is 6.23. The van der Waals surface area contributed by atoms with Crippen molar-refractivity contribution in [1.29, 1.82) is 0 Å².